The predicted molar refractivity (Wildman–Crippen MR) is 80.4 cm³/mol. The number of amides is 1. The van der Waals surface area contributed by atoms with Crippen LogP contribution < -0.4 is 5.32 Å². The lowest BCUT2D eigenvalue weighted by molar-refractivity contribution is -0.149. The molecule has 21 heavy (non-hydrogen) atoms. The largest absolute Gasteiger partial charge is 0.479 e. The minimum Gasteiger partial charge on any atom is -0.479 e. The number of halogens is 1. The van der Waals surface area contributed by atoms with E-state index in [2.05, 4.69) is 21.2 Å². The molecule has 0 aliphatic carbocycles. The molecular weight excluding hydrogens is 340 g/mol. The van der Waals surface area contributed by atoms with Crippen molar-refractivity contribution in [1.29, 1.82) is 0 Å². The van der Waals surface area contributed by atoms with Crippen LogP contribution in [-0.4, -0.2) is 40.3 Å². The molecule has 0 bridgehead atoms. The molecule has 1 aliphatic heterocycles. The summed E-state index contributed by atoms with van der Waals surface area (Å²) in [6.07, 6.45) is 2.02. The highest BCUT2D eigenvalue weighted by Crippen LogP contribution is 2.21. The third-order valence-electron chi connectivity index (χ3n) is 3.48. The Balaban J connectivity index is 1.92. The molecule has 0 radical (unpaired) electrons. The minimum absolute atomic E-state index is 0.177. The fourth-order valence-corrected chi connectivity index (χ4v) is 2.83. The van der Waals surface area contributed by atoms with Crippen LogP contribution in [0.2, 0.25) is 0 Å². The van der Waals surface area contributed by atoms with Gasteiger partial charge in [-0.3, -0.25) is 4.79 Å². The molecule has 0 spiro atoms. The van der Waals surface area contributed by atoms with E-state index in [4.69, 9.17) is 9.84 Å². The average molecular weight is 359 g/mol. The van der Waals surface area contributed by atoms with E-state index in [1.807, 2.05) is 24.6 Å². The summed E-state index contributed by atoms with van der Waals surface area (Å²) in [6.45, 7) is 4.32. The number of carbonyl (C=O) groups excluding carboxylic acids is 1. The van der Waals surface area contributed by atoms with Crippen molar-refractivity contribution >= 4 is 27.8 Å². The van der Waals surface area contributed by atoms with Gasteiger partial charge in [-0.2, -0.15) is 0 Å². The van der Waals surface area contributed by atoms with Crippen LogP contribution in [0.3, 0.4) is 0 Å². The Morgan fingerprint density at radius 3 is 2.81 bits per heavy atom. The van der Waals surface area contributed by atoms with Gasteiger partial charge in [0, 0.05) is 23.3 Å². The second kappa shape index (κ2) is 6.62. The molecule has 1 amide bonds. The molecule has 1 saturated heterocycles. The summed E-state index contributed by atoms with van der Waals surface area (Å²) in [5.74, 6) is -1.13. The van der Waals surface area contributed by atoms with Crippen LogP contribution >= 0.6 is 15.9 Å². The lowest BCUT2D eigenvalue weighted by Crippen LogP contribution is -2.34. The van der Waals surface area contributed by atoms with E-state index >= 15 is 0 Å². The fraction of sp³-hybridized carbons (Fsp3) is 0.571. The van der Waals surface area contributed by atoms with Crippen LogP contribution in [-0.2, 0) is 9.53 Å². The molecule has 0 aromatic carbocycles. The first kappa shape index (κ1) is 16.0. The molecule has 2 rings (SSSR count). The van der Waals surface area contributed by atoms with Gasteiger partial charge in [-0.25, -0.2) is 4.79 Å². The highest BCUT2D eigenvalue weighted by Gasteiger charge is 2.30. The van der Waals surface area contributed by atoms with Crippen LogP contribution in [0.1, 0.15) is 43.2 Å². The molecule has 6 nitrogen and oxygen atoms in total. The highest BCUT2D eigenvalue weighted by atomic mass is 79.9. The van der Waals surface area contributed by atoms with E-state index < -0.39 is 12.1 Å². The van der Waals surface area contributed by atoms with Crippen LogP contribution in [0.4, 0.5) is 0 Å². The summed E-state index contributed by atoms with van der Waals surface area (Å²) >= 11 is 3.37. The van der Waals surface area contributed by atoms with Gasteiger partial charge >= 0.3 is 5.97 Å². The Morgan fingerprint density at radius 1 is 1.52 bits per heavy atom. The van der Waals surface area contributed by atoms with Gasteiger partial charge in [0.05, 0.1) is 6.10 Å². The normalized spacial score (nSPS) is 21.7. The zero-order valence-corrected chi connectivity index (χ0v) is 13.6. The molecule has 1 fully saturated rings. The summed E-state index contributed by atoms with van der Waals surface area (Å²) in [5.41, 5.74) is 0.574. The molecule has 2 heterocycles. The first-order valence-electron chi connectivity index (χ1n) is 6.92. The molecule has 116 valence electrons. The highest BCUT2D eigenvalue weighted by molar-refractivity contribution is 9.10. The molecule has 1 aromatic rings. The van der Waals surface area contributed by atoms with Gasteiger partial charge in [0.2, 0.25) is 0 Å². The Morgan fingerprint density at radius 2 is 2.24 bits per heavy atom. The smallest absolute Gasteiger partial charge is 0.332 e. The zero-order valence-electron chi connectivity index (χ0n) is 12.0. The standard InChI is InChI=1S/C14H19BrN2O4/c1-8(2)17-7-9(15)5-11(17)13(18)16-6-10-3-4-12(21-10)14(19)20/h5,7-8,10,12H,3-4,6H2,1-2H3,(H,16,18)(H,19,20). The second-order valence-electron chi connectivity index (χ2n) is 5.42. The molecular formula is C14H19BrN2O4. The van der Waals surface area contributed by atoms with E-state index in [0.717, 1.165) is 4.47 Å². The first-order valence-corrected chi connectivity index (χ1v) is 7.71. The summed E-state index contributed by atoms with van der Waals surface area (Å²) < 4.78 is 8.10. The van der Waals surface area contributed by atoms with Gasteiger partial charge in [0.25, 0.3) is 5.91 Å². The van der Waals surface area contributed by atoms with Crippen molar-refractivity contribution in [2.75, 3.05) is 6.54 Å². The maximum absolute atomic E-state index is 12.2. The molecule has 1 aromatic heterocycles. The number of hydrogen-bond donors (Lipinski definition) is 2. The zero-order chi connectivity index (χ0) is 15.6. The summed E-state index contributed by atoms with van der Waals surface area (Å²) in [7, 11) is 0. The van der Waals surface area contributed by atoms with Crippen LogP contribution in [0.25, 0.3) is 0 Å². The Hall–Kier alpha value is -1.34. The fourth-order valence-electron chi connectivity index (χ4n) is 2.39. The SMILES string of the molecule is CC(C)n1cc(Br)cc1C(=O)NCC1CCC(C(=O)O)O1. The van der Waals surface area contributed by atoms with E-state index in [-0.39, 0.29) is 18.1 Å². The van der Waals surface area contributed by atoms with E-state index in [1.54, 1.807) is 6.07 Å². The second-order valence-corrected chi connectivity index (χ2v) is 6.33. The monoisotopic (exact) mass is 358 g/mol. The quantitative estimate of drug-likeness (QED) is 0.845. The molecule has 1 aliphatic rings. The van der Waals surface area contributed by atoms with Crippen LogP contribution in [0.15, 0.2) is 16.7 Å². The van der Waals surface area contributed by atoms with E-state index in [1.165, 1.54) is 0 Å². The molecule has 2 unspecified atom stereocenters. The van der Waals surface area contributed by atoms with Gasteiger partial charge in [-0.15, -0.1) is 0 Å². The number of aliphatic carboxylic acids is 1. The van der Waals surface area contributed by atoms with Gasteiger partial charge in [0.1, 0.15) is 5.69 Å². The lowest BCUT2D eigenvalue weighted by Gasteiger charge is -2.15. The maximum Gasteiger partial charge on any atom is 0.332 e. The number of carbonyl (C=O) groups is 2. The summed E-state index contributed by atoms with van der Waals surface area (Å²) in [4.78, 5) is 23.0. The third kappa shape index (κ3) is 3.85. The number of aromatic nitrogens is 1. The van der Waals surface area contributed by atoms with E-state index in [0.29, 0.717) is 25.1 Å². The molecule has 2 atom stereocenters. The molecule has 7 heteroatoms. The Labute approximate surface area is 131 Å². The van der Waals surface area contributed by atoms with Crippen LogP contribution in [0.5, 0.6) is 0 Å². The third-order valence-corrected chi connectivity index (χ3v) is 3.91. The maximum atomic E-state index is 12.2. The van der Waals surface area contributed by atoms with Gasteiger partial charge in [-0.1, -0.05) is 0 Å². The van der Waals surface area contributed by atoms with Crippen molar-refractivity contribution < 1.29 is 19.4 Å². The van der Waals surface area contributed by atoms with Crippen molar-refractivity contribution in [3.05, 3.63) is 22.4 Å². The molecule has 0 saturated carbocycles. The number of hydrogen-bond acceptors (Lipinski definition) is 3. The lowest BCUT2D eigenvalue weighted by atomic mass is 10.2. The Bertz CT molecular complexity index is 541. The number of rotatable bonds is 5. The number of carboxylic acid groups (broad SMARTS) is 1. The number of ether oxygens (including phenoxy) is 1. The van der Waals surface area contributed by atoms with Crippen molar-refractivity contribution in [1.82, 2.24) is 9.88 Å². The van der Waals surface area contributed by atoms with Gasteiger partial charge < -0.3 is 19.7 Å². The minimum atomic E-state index is -0.943. The molecule has 2 N–H and O–H groups in total. The average Bonchev–Trinajstić information content (AvgIpc) is 3.02. The number of nitrogens with one attached hydrogen (secondary N) is 1. The van der Waals surface area contributed by atoms with Crippen molar-refractivity contribution in [2.45, 2.75) is 44.9 Å². The number of nitrogens with zero attached hydrogens (tertiary/aromatic N) is 1. The van der Waals surface area contributed by atoms with Crippen molar-refractivity contribution in [3.63, 3.8) is 0 Å². The van der Waals surface area contributed by atoms with Gasteiger partial charge in [-0.05, 0) is 48.7 Å². The summed E-state index contributed by atoms with van der Waals surface area (Å²) in [5, 5.41) is 11.7. The van der Waals surface area contributed by atoms with Crippen molar-refractivity contribution in [3.8, 4) is 0 Å². The topological polar surface area (TPSA) is 80.6 Å². The van der Waals surface area contributed by atoms with E-state index in [9.17, 15) is 9.59 Å². The first-order chi connectivity index (χ1) is 9.88. The Kier molecular flexibility index (Phi) is 5.05. The van der Waals surface area contributed by atoms with Crippen LogP contribution in [0, 0.1) is 0 Å². The van der Waals surface area contributed by atoms with Crippen molar-refractivity contribution in [2.24, 2.45) is 0 Å². The summed E-state index contributed by atoms with van der Waals surface area (Å²) in [6, 6.07) is 1.95. The van der Waals surface area contributed by atoms with Gasteiger partial charge in [0.15, 0.2) is 6.10 Å². The predicted octanol–water partition coefficient (Wildman–Crippen LogP) is 2.19. The number of carboxylic acids is 1.